The van der Waals surface area contributed by atoms with Crippen LogP contribution in [0.1, 0.15) is 28.3 Å². The summed E-state index contributed by atoms with van der Waals surface area (Å²) in [7, 11) is 1.68. The van der Waals surface area contributed by atoms with Crippen molar-refractivity contribution in [1.29, 1.82) is 0 Å². The van der Waals surface area contributed by atoms with E-state index in [-0.39, 0.29) is 17.1 Å². The first-order chi connectivity index (χ1) is 15.7. The van der Waals surface area contributed by atoms with Crippen molar-refractivity contribution in [3.8, 4) is 5.75 Å². The van der Waals surface area contributed by atoms with Crippen molar-refractivity contribution in [3.05, 3.63) is 101 Å². The molecule has 0 fully saturated rings. The van der Waals surface area contributed by atoms with E-state index in [1.807, 2.05) is 36.4 Å². The molecule has 5 nitrogen and oxygen atoms in total. The van der Waals surface area contributed by atoms with Gasteiger partial charge in [0.05, 0.1) is 29.9 Å². The van der Waals surface area contributed by atoms with Crippen LogP contribution >= 0.6 is 0 Å². The van der Waals surface area contributed by atoms with Gasteiger partial charge in [-0.3, -0.25) is 0 Å². The van der Waals surface area contributed by atoms with Crippen LogP contribution in [0.4, 0.5) is 0 Å². The van der Waals surface area contributed by atoms with Gasteiger partial charge < -0.3 is 14.7 Å². The fourth-order valence-corrected chi connectivity index (χ4v) is 4.02. The maximum atomic E-state index is 5.32. The molecule has 2 aliphatic rings. The zero-order valence-corrected chi connectivity index (χ0v) is 18.7. The number of rotatable bonds is 2. The van der Waals surface area contributed by atoms with Crippen LogP contribution in [0.15, 0.2) is 72.8 Å². The number of hydrogen-bond donors (Lipinski definition) is 2. The summed E-state index contributed by atoms with van der Waals surface area (Å²) in [4.78, 5) is 16.5. The van der Waals surface area contributed by atoms with Gasteiger partial charge in [-0.25, -0.2) is 9.97 Å². The third kappa shape index (κ3) is 4.27. The zero-order chi connectivity index (χ0) is 21.5. The van der Waals surface area contributed by atoms with Gasteiger partial charge in [-0.2, -0.15) is 0 Å². The molecule has 165 valence electrons. The molecular weight excluding hydrogens is 460 g/mol. The summed E-state index contributed by atoms with van der Waals surface area (Å²) in [5.74, 6) is 0.833. The molecule has 3 aromatic heterocycles. The minimum absolute atomic E-state index is 0. The molecule has 8 bridgehead atoms. The van der Waals surface area contributed by atoms with Crippen LogP contribution in [0.2, 0.25) is 0 Å². The second-order valence-corrected chi connectivity index (χ2v) is 7.82. The van der Waals surface area contributed by atoms with Gasteiger partial charge >= 0.3 is 0 Å². The summed E-state index contributed by atoms with van der Waals surface area (Å²) in [6.45, 7) is 0. The number of nitrogens with zero attached hydrogens (tertiary/aromatic N) is 2. The van der Waals surface area contributed by atoms with Crippen LogP contribution in [-0.4, -0.2) is 27.0 Å². The predicted octanol–water partition coefficient (Wildman–Crippen LogP) is 6.08. The van der Waals surface area contributed by atoms with E-state index in [1.54, 1.807) is 7.11 Å². The summed E-state index contributed by atoms with van der Waals surface area (Å²) in [6.07, 6.45) is 6.17. The van der Waals surface area contributed by atoms with E-state index in [0.29, 0.717) is 0 Å². The summed E-state index contributed by atoms with van der Waals surface area (Å²) in [6, 6.07) is 24.5. The molecule has 2 N–H and O–H groups in total. The van der Waals surface area contributed by atoms with Crippen LogP contribution < -0.4 is 4.74 Å². The Kier molecular flexibility index (Phi) is 5.46. The van der Waals surface area contributed by atoms with E-state index in [1.165, 1.54) is 0 Å². The Morgan fingerprint density at radius 3 is 1.76 bits per heavy atom. The fourth-order valence-electron chi connectivity index (χ4n) is 4.02. The largest absolute Gasteiger partial charge is 0.497 e. The molecule has 0 atom stereocenters. The molecule has 0 aliphatic carbocycles. The third-order valence-corrected chi connectivity index (χ3v) is 5.57. The quantitative estimate of drug-likeness (QED) is 0.296. The zero-order valence-electron chi connectivity index (χ0n) is 17.8. The van der Waals surface area contributed by atoms with Crippen LogP contribution in [0.3, 0.4) is 0 Å². The molecule has 4 aromatic rings. The topological polar surface area (TPSA) is 66.6 Å². The Morgan fingerprint density at radius 1 is 0.636 bits per heavy atom. The number of aromatic amines is 2. The Hall–Kier alpha value is -3.86. The van der Waals surface area contributed by atoms with E-state index < -0.39 is 0 Å². The molecule has 0 saturated carbocycles. The normalized spacial score (nSPS) is 12.2. The first-order valence-corrected chi connectivity index (χ1v) is 10.4. The number of fused-ring (bicyclic) bond motifs is 8. The Morgan fingerprint density at radius 2 is 1.18 bits per heavy atom. The molecule has 2 aliphatic heterocycles. The molecule has 33 heavy (non-hydrogen) atoms. The van der Waals surface area contributed by atoms with Crippen molar-refractivity contribution >= 4 is 45.9 Å². The number of benzene rings is 1. The standard InChI is InChI=1S/C27H20N4O.Cu/c1-32-25-10-2-17(3-11-25)26-15-24-14-22-7-6-20(29-22)12-18-4-5-19(28-18)13-21-8-9-23(30-21)16-27(26)31-24;/h2-16,29-30H,1H3;. The fraction of sp³-hybridized carbons (Fsp3) is 0.0370. The van der Waals surface area contributed by atoms with E-state index in [2.05, 4.69) is 64.6 Å². The summed E-state index contributed by atoms with van der Waals surface area (Å²) in [5, 5.41) is 0. The Balaban J connectivity index is 0.00000228. The third-order valence-electron chi connectivity index (χ3n) is 5.57. The van der Waals surface area contributed by atoms with E-state index in [4.69, 9.17) is 14.7 Å². The van der Waals surface area contributed by atoms with Crippen LogP contribution in [0.5, 0.6) is 5.75 Å². The van der Waals surface area contributed by atoms with Crippen molar-refractivity contribution in [2.24, 2.45) is 0 Å². The maximum Gasteiger partial charge on any atom is 0.118 e. The smallest absolute Gasteiger partial charge is 0.118 e. The molecule has 1 aromatic carbocycles. The van der Waals surface area contributed by atoms with Crippen molar-refractivity contribution < 1.29 is 21.8 Å². The average molecular weight is 480 g/mol. The average Bonchev–Trinajstić information content (AvgIpc) is 3.59. The summed E-state index contributed by atoms with van der Waals surface area (Å²) >= 11 is 0. The number of hydrogen-bond acceptors (Lipinski definition) is 3. The van der Waals surface area contributed by atoms with Crippen LogP contribution in [-0.2, 0) is 17.1 Å². The maximum absolute atomic E-state index is 5.32. The SMILES string of the molecule is COc1ccc(C2=Cc3cc4ccc(cc5nc(cc6ccc(cc2n3)[nH]6)C=C5)[nH]4)cc1.[Cu]. The van der Waals surface area contributed by atoms with Crippen LogP contribution in [0.25, 0.3) is 45.9 Å². The number of ether oxygens (including phenoxy) is 1. The molecule has 1 radical (unpaired) electrons. The monoisotopic (exact) mass is 479 g/mol. The number of nitrogens with one attached hydrogen (secondary N) is 2. The van der Waals surface area contributed by atoms with Crippen molar-refractivity contribution in [3.63, 3.8) is 0 Å². The molecular formula is C27H20CuN4O. The van der Waals surface area contributed by atoms with Gasteiger partial charge in [0.2, 0.25) is 0 Å². The second-order valence-electron chi connectivity index (χ2n) is 7.82. The van der Waals surface area contributed by atoms with Gasteiger partial charge in [-0.05, 0) is 84.5 Å². The second kappa shape index (κ2) is 8.58. The first kappa shape index (κ1) is 21.0. The molecule has 0 spiro atoms. The van der Waals surface area contributed by atoms with Gasteiger partial charge in [-0.15, -0.1) is 0 Å². The Labute approximate surface area is 201 Å². The van der Waals surface area contributed by atoms with Gasteiger partial charge in [-0.1, -0.05) is 12.1 Å². The van der Waals surface area contributed by atoms with Crippen molar-refractivity contribution in [2.45, 2.75) is 0 Å². The number of aromatic nitrogens is 4. The van der Waals surface area contributed by atoms with E-state index in [9.17, 15) is 0 Å². The van der Waals surface area contributed by atoms with Gasteiger partial charge in [0.15, 0.2) is 0 Å². The molecule has 0 saturated heterocycles. The van der Waals surface area contributed by atoms with Gasteiger partial charge in [0.25, 0.3) is 0 Å². The van der Waals surface area contributed by atoms with Crippen molar-refractivity contribution in [1.82, 2.24) is 19.9 Å². The minimum Gasteiger partial charge on any atom is -0.497 e. The van der Waals surface area contributed by atoms with Crippen LogP contribution in [0, 0.1) is 0 Å². The van der Waals surface area contributed by atoms with E-state index in [0.717, 1.165) is 61.7 Å². The minimum atomic E-state index is 0. The predicted molar refractivity (Wildman–Crippen MR) is 130 cm³/mol. The number of methoxy groups -OCH3 is 1. The molecule has 6 heteroatoms. The van der Waals surface area contributed by atoms with Gasteiger partial charge in [0.1, 0.15) is 5.75 Å². The molecule has 0 unspecified atom stereocenters. The number of H-pyrrole nitrogens is 2. The first-order valence-electron chi connectivity index (χ1n) is 10.4. The van der Waals surface area contributed by atoms with E-state index >= 15 is 0 Å². The van der Waals surface area contributed by atoms with Crippen molar-refractivity contribution in [2.75, 3.05) is 7.11 Å². The molecule has 6 rings (SSSR count). The Bertz CT molecular complexity index is 1560. The molecule has 0 amide bonds. The summed E-state index contributed by atoms with van der Waals surface area (Å²) < 4.78 is 5.32. The molecule has 5 heterocycles. The summed E-state index contributed by atoms with van der Waals surface area (Å²) in [5.41, 5.74) is 9.80. The van der Waals surface area contributed by atoms with Gasteiger partial charge in [0, 0.05) is 44.7 Å².